The molecule has 0 aromatic carbocycles. The minimum atomic E-state index is 0.924. The van der Waals surface area contributed by atoms with E-state index in [2.05, 4.69) is 16.9 Å². The predicted octanol–water partition coefficient (Wildman–Crippen LogP) is 0.235. The lowest BCUT2D eigenvalue weighted by molar-refractivity contribution is 0.385. The summed E-state index contributed by atoms with van der Waals surface area (Å²) >= 11 is 0. The first-order chi connectivity index (χ1) is 5.33. The predicted molar refractivity (Wildman–Crippen MR) is 47.7 cm³/mol. The number of nitrogens with zero attached hydrogens (tertiary/aromatic N) is 2. The quantitative estimate of drug-likeness (QED) is 0.586. The van der Waals surface area contributed by atoms with E-state index in [0.717, 1.165) is 31.8 Å². The Morgan fingerprint density at radius 1 is 1.64 bits per heavy atom. The Morgan fingerprint density at radius 3 is 3.18 bits per heavy atom. The van der Waals surface area contributed by atoms with Crippen molar-refractivity contribution in [3.63, 3.8) is 0 Å². The largest absolute Gasteiger partial charge is 0.405 e. The van der Waals surface area contributed by atoms with Crippen molar-refractivity contribution in [3.8, 4) is 0 Å². The number of hydrogen-bond donors (Lipinski definition) is 1. The van der Waals surface area contributed by atoms with E-state index >= 15 is 0 Å². The van der Waals surface area contributed by atoms with Gasteiger partial charge in [0, 0.05) is 19.6 Å². The molecule has 11 heavy (non-hydrogen) atoms. The Labute approximate surface area is 67.6 Å². The minimum absolute atomic E-state index is 0.924. The van der Waals surface area contributed by atoms with Crippen LogP contribution in [0, 0.1) is 0 Å². The van der Waals surface area contributed by atoms with Crippen molar-refractivity contribution in [1.29, 1.82) is 0 Å². The summed E-state index contributed by atoms with van der Waals surface area (Å²) in [5, 5.41) is 0. The van der Waals surface area contributed by atoms with Gasteiger partial charge in [-0.2, -0.15) is 0 Å². The van der Waals surface area contributed by atoms with Gasteiger partial charge in [-0.1, -0.05) is 0 Å². The van der Waals surface area contributed by atoms with Crippen molar-refractivity contribution in [1.82, 2.24) is 4.90 Å². The van der Waals surface area contributed by atoms with Gasteiger partial charge in [0.05, 0.1) is 5.71 Å². The molecule has 0 aromatic heterocycles. The molecule has 3 heteroatoms. The second-order valence-corrected chi connectivity index (χ2v) is 2.82. The lowest BCUT2D eigenvalue weighted by atomic mass is 10.3. The van der Waals surface area contributed by atoms with Gasteiger partial charge in [0.2, 0.25) is 0 Å². The van der Waals surface area contributed by atoms with Crippen molar-refractivity contribution in [2.45, 2.75) is 6.42 Å². The third-order valence-corrected chi connectivity index (χ3v) is 1.73. The first kappa shape index (κ1) is 8.27. The molecule has 2 N–H and O–H groups in total. The Bertz CT molecular complexity index is 172. The second kappa shape index (κ2) is 4.13. The summed E-state index contributed by atoms with van der Waals surface area (Å²) in [6.07, 6.45) is 4.58. The first-order valence-corrected chi connectivity index (χ1v) is 3.93. The Balaban J connectivity index is 2.54. The van der Waals surface area contributed by atoms with Crippen LogP contribution in [0.1, 0.15) is 6.42 Å². The average molecular weight is 153 g/mol. The Kier molecular flexibility index (Phi) is 3.11. The van der Waals surface area contributed by atoms with Gasteiger partial charge < -0.3 is 10.6 Å². The normalized spacial score (nSPS) is 21.7. The highest BCUT2D eigenvalue weighted by atomic mass is 15.1. The third kappa shape index (κ3) is 2.72. The highest BCUT2D eigenvalue weighted by Gasteiger charge is 2.04. The van der Waals surface area contributed by atoms with Crippen LogP contribution < -0.4 is 5.73 Å². The zero-order valence-electron chi connectivity index (χ0n) is 6.95. The molecule has 1 rings (SSSR count). The lowest BCUT2D eigenvalue weighted by Crippen LogP contribution is -2.24. The fourth-order valence-electron chi connectivity index (χ4n) is 1.19. The van der Waals surface area contributed by atoms with Crippen LogP contribution in [0.25, 0.3) is 0 Å². The average Bonchev–Trinajstić information content (AvgIpc) is 2.15. The number of rotatable bonds is 1. The summed E-state index contributed by atoms with van der Waals surface area (Å²) in [5.41, 5.74) is 6.37. The van der Waals surface area contributed by atoms with Gasteiger partial charge >= 0.3 is 0 Å². The van der Waals surface area contributed by atoms with Crippen molar-refractivity contribution in [3.05, 3.63) is 12.3 Å². The van der Waals surface area contributed by atoms with E-state index in [1.807, 2.05) is 6.08 Å². The van der Waals surface area contributed by atoms with E-state index in [0.29, 0.717) is 0 Å². The highest BCUT2D eigenvalue weighted by Crippen LogP contribution is 1.97. The molecule has 0 saturated heterocycles. The van der Waals surface area contributed by atoms with Gasteiger partial charge in [-0.25, -0.2) is 0 Å². The van der Waals surface area contributed by atoms with E-state index < -0.39 is 0 Å². The molecule has 1 aliphatic heterocycles. The molecular formula is C8H15N3. The fourth-order valence-corrected chi connectivity index (χ4v) is 1.19. The molecule has 1 aliphatic rings. The molecule has 0 fully saturated rings. The minimum Gasteiger partial charge on any atom is -0.405 e. The molecule has 0 radical (unpaired) electrons. The van der Waals surface area contributed by atoms with Crippen LogP contribution >= 0.6 is 0 Å². The SMILES string of the molecule is CN1CCCN=C(/C=C\N)C1. The number of hydrogen-bond acceptors (Lipinski definition) is 3. The summed E-state index contributed by atoms with van der Waals surface area (Å²) < 4.78 is 0. The molecule has 62 valence electrons. The van der Waals surface area contributed by atoms with Gasteiger partial charge in [-0.15, -0.1) is 0 Å². The zero-order chi connectivity index (χ0) is 8.10. The van der Waals surface area contributed by atoms with Crippen LogP contribution in [0.15, 0.2) is 17.3 Å². The molecule has 0 spiro atoms. The van der Waals surface area contributed by atoms with Crippen molar-refractivity contribution < 1.29 is 0 Å². The maximum atomic E-state index is 5.28. The van der Waals surface area contributed by atoms with Crippen LogP contribution in [0.5, 0.6) is 0 Å². The molecular weight excluding hydrogens is 138 g/mol. The maximum absolute atomic E-state index is 5.28. The molecule has 0 aliphatic carbocycles. The monoisotopic (exact) mass is 153 g/mol. The molecule has 0 bridgehead atoms. The highest BCUT2D eigenvalue weighted by molar-refractivity contribution is 5.96. The summed E-state index contributed by atoms with van der Waals surface area (Å²) in [6.45, 7) is 2.99. The second-order valence-electron chi connectivity index (χ2n) is 2.82. The maximum Gasteiger partial charge on any atom is 0.0502 e. The van der Waals surface area contributed by atoms with Crippen LogP contribution in [0.4, 0.5) is 0 Å². The summed E-state index contributed by atoms with van der Waals surface area (Å²) in [7, 11) is 2.10. The smallest absolute Gasteiger partial charge is 0.0502 e. The zero-order valence-corrected chi connectivity index (χ0v) is 6.95. The standard InChI is InChI=1S/C8H15N3/c1-11-6-2-5-10-8(7-11)3-4-9/h3-4H,2,5-7,9H2,1H3/b4-3-. The van der Waals surface area contributed by atoms with Gasteiger partial charge in [0.1, 0.15) is 0 Å². The van der Waals surface area contributed by atoms with Crippen LogP contribution in [-0.2, 0) is 0 Å². The Morgan fingerprint density at radius 2 is 2.45 bits per heavy atom. The molecule has 0 unspecified atom stereocenters. The van der Waals surface area contributed by atoms with Gasteiger partial charge in [-0.05, 0) is 25.7 Å². The first-order valence-electron chi connectivity index (χ1n) is 3.93. The molecule has 0 atom stereocenters. The lowest BCUT2D eigenvalue weighted by Gasteiger charge is -2.11. The van der Waals surface area contributed by atoms with E-state index in [4.69, 9.17) is 5.73 Å². The topological polar surface area (TPSA) is 41.6 Å². The summed E-state index contributed by atoms with van der Waals surface area (Å²) in [4.78, 5) is 6.63. The molecule has 0 amide bonds. The van der Waals surface area contributed by atoms with E-state index in [9.17, 15) is 0 Å². The van der Waals surface area contributed by atoms with Gasteiger partial charge in [0.25, 0.3) is 0 Å². The van der Waals surface area contributed by atoms with Crippen molar-refractivity contribution in [2.75, 3.05) is 26.7 Å². The number of nitrogens with two attached hydrogens (primary N) is 1. The number of aliphatic imine (C=N–C) groups is 1. The summed E-state index contributed by atoms with van der Waals surface area (Å²) in [6, 6.07) is 0. The molecule has 3 nitrogen and oxygen atoms in total. The van der Waals surface area contributed by atoms with Crippen molar-refractivity contribution >= 4 is 5.71 Å². The van der Waals surface area contributed by atoms with Gasteiger partial charge in [0.15, 0.2) is 0 Å². The van der Waals surface area contributed by atoms with E-state index in [-0.39, 0.29) is 0 Å². The van der Waals surface area contributed by atoms with E-state index in [1.165, 1.54) is 0 Å². The van der Waals surface area contributed by atoms with Crippen molar-refractivity contribution in [2.24, 2.45) is 10.7 Å². The third-order valence-electron chi connectivity index (χ3n) is 1.73. The molecule has 0 saturated carbocycles. The fraction of sp³-hybridized carbons (Fsp3) is 0.625. The van der Waals surface area contributed by atoms with E-state index in [1.54, 1.807) is 6.20 Å². The summed E-state index contributed by atoms with van der Waals surface area (Å²) in [5.74, 6) is 0. The van der Waals surface area contributed by atoms with Crippen LogP contribution in [0.2, 0.25) is 0 Å². The van der Waals surface area contributed by atoms with Crippen LogP contribution in [0.3, 0.4) is 0 Å². The molecule has 1 heterocycles. The van der Waals surface area contributed by atoms with Gasteiger partial charge in [-0.3, -0.25) is 4.99 Å². The van der Waals surface area contributed by atoms with Crippen LogP contribution in [-0.4, -0.2) is 37.3 Å². The molecule has 0 aromatic rings. The Hall–Kier alpha value is -0.830.